The molecule has 170 valence electrons. The number of fused-ring (bicyclic) bond motifs is 1. The molecule has 0 aliphatic heterocycles. The maximum absolute atomic E-state index is 13.0. The first-order valence-corrected chi connectivity index (χ1v) is 9.69. The Hall–Kier alpha value is -3.72. The maximum Gasteiger partial charge on any atom is 0.328 e. The van der Waals surface area contributed by atoms with E-state index in [9.17, 15) is 14.0 Å². The van der Waals surface area contributed by atoms with E-state index in [4.69, 9.17) is 19.7 Å². The number of hydrogen-bond donors (Lipinski definition) is 2. The second-order valence-electron chi connectivity index (χ2n) is 6.79. The minimum atomic E-state index is -1.26. The molecule has 2 aromatic heterocycles. The van der Waals surface area contributed by atoms with Crippen LogP contribution in [0.4, 0.5) is 4.39 Å². The number of carboxylic acid groups (broad SMARTS) is 2. The van der Waals surface area contributed by atoms with Crippen LogP contribution < -0.4 is 4.74 Å². The third-order valence-corrected chi connectivity index (χ3v) is 4.66. The lowest BCUT2D eigenvalue weighted by molar-refractivity contribution is -0.134. The molecule has 0 spiro atoms. The summed E-state index contributed by atoms with van der Waals surface area (Å²) in [5.41, 5.74) is 5.15. The molecule has 3 aromatic rings. The van der Waals surface area contributed by atoms with Crippen LogP contribution in [0.1, 0.15) is 16.8 Å². The van der Waals surface area contributed by atoms with Gasteiger partial charge in [0.25, 0.3) is 0 Å². The van der Waals surface area contributed by atoms with Gasteiger partial charge >= 0.3 is 11.9 Å². The fourth-order valence-corrected chi connectivity index (χ4v) is 2.98. The van der Waals surface area contributed by atoms with Gasteiger partial charge < -0.3 is 24.3 Å². The molecule has 0 fully saturated rings. The quantitative estimate of drug-likeness (QED) is 0.509. The minimum absolute atomic E-state index is 0.246. The van der Waals surface area contributed by atoms with Gasteiger partial charge in [-0.2, -0.15) is 0 Å². The standard InChI is InChI=1S/C19H21FN2O2.C4H4O4/c1-13-14(2)22(10-11-23-3)19-17(8-9-21-18(13)19)24-12-15-4-6-16(20)7-5-15;5-3(6)1-2-4(7)8/h4-9H,10-12H2,1-3H3;1-2H,(H,5,6)(H,7,8). The first-order valence-electron chi connectivity index (χ1n) is 9.69. The summed E-state index contributed by atoms with van der Waals surface area (Å²) in [6.07, 6.45) is 2.88. The number of nitrogens with zero attached hydrogens (tertiary/aromatic N) is 2. The molecule has 2 heterocycles. The van der Waals surface area contributed by atoms with Crippen molar-refractivity contribution < 1.29 is 33.7 Å². The number of methoxy groups -OCH3 is 1. The molecule has 0 saturated carbocycles. The lowest BCUT2D eigenvalue weighted by Gasteiger charge is -2.12. The van der Waals surface area contributed by atoms with E-state index in [1.807, 2.05) is 6.07 Å². The fraction of sp³-hybridized carbons (Fsp3) is 0.261. The number of carboxylic acids is 2. The van der Waals surface area contributed by atoms with E-state index in [1.165, 1.54) is 12.1 Å². The summed E-state index contributed by atoms with van der Waals surface area (Å²) in [5.74, 6) is -1.99. The number of ether oxygens (including phenoxy) is 2. The molecular weight excluding hydrogens is 419 g/mol. The van der Waals surface area contributed by atoms with E-state index < -0.39 is 11.9 Å². The molecule has 1 aromatic carbocycles. The molecule has 0 bridgehead atoms. The minimum Gasteiger partial charge on any atom is -0.487 e. The molecule has 0 atom stereocenters. The zero-order valence-corrected chi connectivity index (χ0v) is 18.0. The molecule has 0 radical (unpaired) electrons. The second kappa shape index (κ2) is 11.6. The molecule has 0 unspecified atom stereocenters. The summed E-state index contributed by atoms with van der Waals surface area (Å²) in [4.78, 5) is 23.6. The molecule has 0 aliphatic carbocycles. The second-order valence-corrected chi connectivity index (χ2v) is 6.79. The Bertz CT molecular complexity index is 1090. The number of aromatic nitrogens is 2. The first-order chi connectivity index (χ1) is 15.2. The highest BCUT2D eigenvalue weighted by Crippen LogP contribution is 2.31. The number of carbonyl (C=O) groups is 2. The molecular formula is C23H25FN2O6. The Kier molecular flexibility index (Phi) is 8.91. The van der Waals surface area contributed by atoms with E-state index in [2.05, 4.69) is 23.4 Å². The van der Waals surface area contributed by atoms with Gasteiger partial charge in [-0.3, -0.25) is 4.98 Å². The van der Waals surface area contributed by atoms with Crippen LogP contribution in [0, 0.1) is 19.7 Å². The maximum atomic E-state index is 13.0. The lowest BCUT2D eigenvalue weighted by Crippen LogP contribution is -2.07. The SMILES string of the molecule is COCCn1c(C)c(C)c2nccc(OCc3ccc(F)cc3)c21.O=C(O)C=CC(=O)O. The monoisotopic (exact) mass is 444 g/mol. The van der Waals surface area contributed by atoms with Gasteiger partial charge in [0.2, 0.25) is 0 Å². The van der Waals surface area contributed by atoms with Crippen LogP contribution in [0.25, 0.3) is 11.0 Å². The zero-order chi connectivity index (χ0) is 23.7. The van der Waals surface area contributed by atoms with Crippen LogP contribution in [-0.2, 0) is 27.5 Å². The molecule has 0 aliphatic rings. The van der Waals surface area contributed by atoms with Gasteiger partial charge in [-0.05, 0) is 37.1 Å². The molecule has 0 saturated heterocycles. The highest BCUT2D eigenvalue weighted by Gasteiger charge is 2.16. The van der Waals surface area contributed by atoms with Crippen molar-refractivity contribution in [2.24, 2.45) is 0 Å². The number of aliphatic carboxylic acids is 2. The average molecular weight is 444 g/mol. The van der Waals surface area contributed by atoms with Crippen LogP contribution in [0.15, 0.2) is 48.7 Å². The largest absolute Gasteiger partial charge is 0.487 e. The fourth-order valence-electron chi connectivity index (χ4n) is 2.98. The van der Waals surface area contributed by atoms with Crippen molar-refractivity contribution in [3.63, 3.8) is 0 Å². The predicted molar refractivity (Wildman–Crippen MR) is 116 cm³/mol. The van der Waals surface area contributed by atoms with Crippen LogP contribution in [0.5, 0.6) is 5.75 Å². The van der Waals surface area contributed by atoms with Crippen LogP contribution in [0.3, 0.4) is 0 Å². The highest BCUT2D eigenvalue weighted by molar-refractivity contribution is 5.89. The van der Waals surface area contributed by atoms with Gasteiger partial charge in [0.15, 0.2) is 0 Å². The highest BCUT2D eigenvalue weighted by atomic mass is 19.1. The zero-order valence-electron chi connectivity index (χ0n) is 18.0. The Morgan fingerprint density at radius 2 is 1.72 bits per heavy atom. The topological polar surface area (TPSA) is 111 Å². The predicted octanol–water partition coefficient (Wildman–Crippen LogP) is 3.73. The molecule has 32 heavy (non-hydrogen) atoms. The number of pyridine rings is 1. The number of hydrogen-bond acceptors (Lipinski definition) is 5. The van der Waals surface area contributed by atoms with Gasteiger partial charge in [-0.15, -0.1) is 0 Å². The van der Waals surface area contributed by atoms with Crippen molar-refractivity contribution in [3.05, 3.63) is 71.3 Å². The third-order valence-electron chi connectivity index (χ3n) is 4.66. The van der Waals surface area contributed by atoms with E-state index in [1.54, 1.807) is 25.4 Å². The average Bonchev–Trinajstić information content (AvgIpc) is 3.01. The van der Waals surface area contributed by atoms with Crippen molar-refractivity contribution in [1.82, 2.24) is 9.55 Å². The van der Waals surface area contributed by atoms with E-state index >= 15 is 0 Å². The normalized spacial score (nSPS) is 10.8. The Labute approximate surface area is 184 Å². The van der Waals surface area contributed by atoms with Gasteiger partial charge in [0.05, 0.1) is 12.1 Å². The smallest absolute Gasteiger partial charge is 0.328 e. The summed E-state index contributed by atoms with van der Waals surface area (Å²) in [5, 5.41) is 15.6. The summed E-state index contributed by atoms with van der Waals surface area (Å²) in [7, 11) is 1.69. The van der Waals surface area contributed by atoms with E-state index in [0.717, 1.165) is 40.1 Å². The van der Waals surface area contributed by atoms with Crippen molar-refractivity contribution >= 4 is 23.0 Å². The van der Waals surface area contributed by atoms with E-state index in [-0.39, 0.29) is 5.82 Å². The van der Waals surface area contributed by atoms with Crippen LogP contribution in [-0.4, -0.2) is 45.4 Å². The summed E-state index contributed by atoms with van der Waals surface area (Å²) >= 11 is 0. The van der Waals surface area contributed by atoms with Crippen molar-refractivity contribution in [3.8, 4) is 5.75 Å². The van der Waals surface area contributed by atoms with Crippen molar-refractivity contribution in [1.29, 1.82) is 0 Å². The summed E-state index contributed by atoms with van der Waals surface area (Å²) < 4.78 is 26.4. The molecule has 0 amide bonds. The van der Waals surface area contributed by atoms with Crippen molar-refractivity contribution in [2.45, 2.75) is 27.0 Å². The summed E-state index contributed by atoms with van der Waals surface area (Å²) in [6, 6.07) is 8.21. The van der Waals surface area contributed by atoms with Gasteiger partial charge in [0, 0.05) is 43.8 Å². The Morgan fingerprint density at radius 1 is 1.09 bits per heavy atom. The van der Waals surface area contributed by atoms with Crippen LogP contribution in [0.2, 0.25) is 0 Å². The molecule has 3 rings (SSSR count). The Balaban J connectivity index is 0.000000390. The lowest BCUT2D eigenvalue weighted by atomic mass is 10.2. The molecule has 2 N–H and O–H groups in total. The van der Waals surface area contributed by atoms with Gasteiger partial charge in [-0.1, -0.05) is 12.1 Å². The van der Waals surface area contributed by atoms with Gasteiger partial charge in [-0.25, -0.2) is 14.0 Å². The van der Waals surface area contributed by atoms with Crippen LogP contribution >= 0.6 is 0 Å². The third kappa shape index (κ3) is 6.64. The number of benzene rings is 1. The first kappa shape index (κ1) is 24.5. The van der Waals surface area contributed by atoms with Crippen molar-refractivity contribution in [2.75, 3.05) is 13.7 Å². The molecule has 9 heteroatoms. The number of aryl methyl sites for hydroxylation is 1. The van der Waals surface area contributed by atoms with Gasteiger partial charge in [0.1, 0.15) is 23.7 Å². The number of halogens is 1. The summed E-state index contributed by atoms with van der Waals surface area (Å²) in [6.45, 7) is 5.89. The van der Waals surface area contributed by atoms with E-state index in [0.29, 0.717) is 25.4 Å². The Morgan fingerprint density at radius 3 is 2.28 bits per heavy atom. The molecule has 8 nitrogen and oxygen atoms in total. The number of rotatable bonds is 8.